The van der Waals surface area contributed by atoms with E-state index in [-0.39, 0.29) is 5.82 Å². The molecule has 96 valence electrons. The van der Waals surface area contributed by atoms with Crippen LogP contribution in [-0.2, 0) is 6.54 Å². The van der Waals surface area contributed by atoms with E-state index in [1.807, 2.05) is 6.07 Å². The van der Waals surface area contributed by atoms with Gasteiger partial charge in [-0.3, -0.25) is 0 Å². The van der Waals surface area contributed by atoms with Crippen molar-refractivity contribution in [2.75, 3.05) is 6.54 Å². The second-order valence-corrected chi connectivity index (χ2v) is 4.39. The van der Waals surface area contributed by atoms with Crippen LogP contribution in [0.15, 0.2) is 28.8 Å². The quantitative estimate of drug-likeness (QED) is 0.842. The van der Waals surface area contributed by atoms with Gasteiger partial charge in [0.05, 0.1) is 10.7 Å². The fourth-order valence-corrected chi connectivity index (χ4v) is 1.86. The number of nitrogens with zero attached hydrogens (tertiary/aromatic N) is 1. The van der Waals surface area contributed by atoms with Crippen molar-refractivity contribution in [2.24, 2.45) is 0 Å². The Morgan fingerprint density at radius 2 is 2.22 bits per heavy atom. The van der Waals surface area contributed by atoms with Gasteiger partial charge in [-0.2, -0.15) is 0 Å². The van der Waals surface area contributed by atoms with Gasteiger partial charge in [-0.1, -0.05) is 23.7 Å². The van der Waals surface area contributed by atoms with Crippen molar-refractivity contribution >= 4 is 11.6 Å². The van der Waals surface area contributed by atoms with E-state index in [0.29, 0.717) is 22.9 Å². The van der Waals surface area contributed by atoms with E-state index in [9.17, 15) is 4.39 Å². The summed E-state index contributed by atoms with van der Waals surface area (Å²) in [5.41, 5.74) is 1.45. The first-order valence-electron chi connectivity index (χ1n) is 5.82. The lowest BCUT2D eigenvalue weighted by molar-refractivity contribution is 0.420. The van der Waals surface area contributed by atoms with Crippen molar-refractivity contribution in [3.63, 3.8) is 0 Å². The van der Waals surface area contributed by atoms with E-state index in [2.05, 4.69) is 17.4 Å². The molecule has 0 saturated carbocycles. The zero-order valence-electron chi connectivity index (χ0n) is 10.0. The van der Waals surface area contributed by atoms with Gasteiger partial charge in [-0.05, 0) is 31.2 Å². The molecule has 0 bridgehead atoms. The van der Waals surface area contributed by atoms with Gasteiger partial charge in [0.2, 0.25) is 0 Å². The maximum absolute atomic E-state index is 12.9. The molecule has 0 radical (unpaired) electrons. The second kappa shape index (κ2) is 5.98. The molecule has 0 saturated heterocycles. The first-order valence-corrected chi connectivity index (χ1v) is 6.20. The third kappa shape index (κ3) is 3.09. The molecule has 0 amide bonds. The van der Waals surface area contributed by atoms with Crippen LogP contribution >= 0.6 is 11.6 Å². The van der Waals surface area contributed by atoms with Gasteiger partial charge in [0.25, 0.3) is 0 Å². The number of hydrogen-bond donors (Lipinski definition) is 1. The smallest absolute Gasteiger partial charge is 0.168 e. The largest absolute Gasteiger partial charge is 0.356 e. The second-order valence-electron chi connectivity index (χ2n) is 3.98. The molecule has 2 aromatic rings. The zero-order valence-corrected chi connectivity index (χ0v) is 10.8. The number of halogens is 2. The number of benzene rings is 1. The van der Waals surface area contributed by atoms with Crippen LogP contribution in [0.2, 0.25) is 5.02 Å². The monoisotopic (exact) mass is 268 g/mol. The molecule has 1 heterocycles. The summed E-state index contributed by atoms with van der Waals surface area (Å²) in [4.78, 5) is 0. The zero-order chi connectivity index (χ0) is 13.0. The highest BCUT2D eigenvalue weighted by Crippen LogP contribution is 2.28. The molecule has 1 N–H and O–H groups in total. The normalized spacial score (nSPS) is 10.8. The third-order valence-corrected chi connectivity index (χ3v) is 2.80. The highest BCUT2D eigenvalue weighted by atomic mass is 35.5. The van der Waals surface area contributed by atoms with Crippen LogP contribution in [0, 0.1) is 5.82 Å². The first-order chi connectivity index (χ1) is 8.70. The molecule has 0 atom stereocenters. The molecule has 3 nitrogen and oxygen atoms in total. The molecule has 2 rings (SSSR count). The van der Waals surface area contributed by atoms with E-state index in [1.165, 1.54) is 12.1 Å². The van der Waals surface area contributed by atoms with Crippen LogP contribution in [0.3, 0.4) is 0 Å². The first kappa shape index (κ1) is 13.1. The van der Waals surface area contributed by atoms with Crippen LogP contribution in [0.4, 0.5) is 4.39 Å². The summed E-state index contributed by atoms with van der Waals surface area (Å²) < 4.78 is 18.1. The average molecular weight is 269 g/mol. The molecule has 0 unspecified atom stereocenters. The predicted octanol–water partition coefficient (Wildman–Crippen LogP) is 3.63. The van der Waals surface area contributed by atoms with Crippen LogP contribution in [0.5, 0.6) is 0 Å². The van der Waals surface area contributed by atoms with Crippen molar-refractivity contribution in [1.29, 1.82) is 0 Å². The van der Waals surface area contributed by atoms with E-state index in [1.54, 1.807) is 6.07 Å². The summed E-state index contributed by atoms with van der Waals surface area (Å²) in [6.45, 7) is 3.68. The number of rotatable bonds is 5. The minimum Gasteiger partial charge on any atom is -0.356 e. The number of nitrogens with one attached hydrogen (secondary N) is 1. The van der Waals surface area contributed by atoms with Gasteiger partial charge in [0, 0.05) is 18.2 Å². The van der Waals surface area contributed by atoms with Crippen molar-refractivity contribution in [3.8, 4) is 11.3 Å². The van der Waals surface area contributed by atoms with Gasteiger partial charge in [0.1, 0.15) is 5.82 Å². The SMILES string of the molecule is CCCNCc1cc(-c2ccc(F)cc2Cl)on1. The van der Waals surface area contributed by atoms with Gasteiger partial charge >= 0.3 is 0 Å². The van der Waals surface area contributed by atoms with Gasteiger partial charge in [-0.15, -0.1) is 0 Å². The van der Waals surface area contributed by atoms with Crippen molar-refractivity contribution < 1.29 is 8.91 Å². The standard InChI is InChI=1S/C13H14ClFN2O/c1-2-5-16-8-10-7-13(18-17-10)11-4-3-9(15)6-12(11)14/h3-4,6-7,16H,2,5,8H2,1H3. The molecule has 0 aliphatic rings. The Labute approximate surface area is 110 Å². The molecule has 0 fully saturated rings. The molecular weight excluding hydrogens is 255 g/mol. The highest BCUT2D eigenvalue weighted by Gasteiger charge is 2.10. The number of hydrogen-bond acceptors (Lipinski definition) is 3. The molecule has 0 aliphatic carbocycles. The van der Waals surface area contributed by atoms with Crippen LogP contribution in [0.25, 0.3) is 11.3 Å². The van der Waals surface area contributed by atoms with E-state index < -0.39 is 0 Å². The van der Waals surface area contributed by atoms with Crippen LogP contribution in [0.1, 0.15) is 19.0 Å². The van der Waals surface area contributed by atoms with Crippen molar-refractivity contribution in [3.05, 3.63) is 40.8 Å². The molecule has 1 aromatic heterocycles. The summed E-state index contributed by atoms with van der Waals surface area (Å²) in [5, 5.41) is 7.48. The lowest BCUT2D eigenvalue weighted by Gasteiger charge is -1.98. The Morgan fingerprint density at radius 3 is 2.94 bits per heavy atom. The summed E-state index contributed by atoms with van der Waals surface area (Å²) >= 11 is 5.96. The fraction of sp³-hybridized carbons (Fsp3) is 0.308. The maximum atomic E-state index is 12.9. The van der Waals surface area contributed by atoms with Gasteiger partial charge in [0.15, 0.2) is 5.76 Å². The Balaban J connectivity index is 2.13. The number of aromatic nitrogens is 1. The van der Waals surface area contributed by atoms with Crippen molar-refractivity contribution in [2.45, 2.75) is 19.9 Å². The molecule has 0 aliphatic heterocycles. The lowest BCUT2D eigenvalue weighted by atomic mass is 10.1. The van der Waals surface area contributed by atoms with Gasteiger partial charge in [-0.25, -0.2) is 4.39 Å². The molecule has 18 heavy (non-hydrogen) atoms. The lowest BCUT2D eigenvalue weighted by Crippen LogP contribution is -2.13. The molecule has 1 aromatic carbocycles. The van der Waals surface area contributed by atoms with Crippen LogP contribution < -0.4 is 5.32 Å². The van der Waals surface area contributed by atoms with Crippen LogP contribution in [-0.4, -0.2) is 11.7 Å². The van der Waals surface area contributed by atoms with E-state index in [4.69, 9.17) is 16.1 Å². The van der Waals surface area contributed by atoms with Gasteiger partial charge < -0.3 is 9.84 Å². The topological polar surface area (TPSA) is 38.1 Å². The Hall–Kier alpha value is -1.39. The fourth-order valence-electron chi connectivity index (χ4n) is 1.60. The minimum absolute atomic E-state index is 0.319. The van der Waals surface area contributed by atoms with E-state index in [0.717, 1.165) is 18.7 Å². The highest BCUT2D eigenvalue weighted by molar-refractivity contribution is 6.33. The Kier molecular flexibility index (Phi) is 4.33. The summed E-state index contributed by atoms with van der Waals surface area (Å²) in [7, 11) is 0. The third-order valence-electron chi connectivity index (χ3n) is 2.49. The maximum Gasteiger partial charge on any atom is 0.168 e. The Morgan fingerprint density at radius 1 is 1.39 bits per heavy atom. The summed E-state index contributed by atoms with van der Waals surface area (Å²) in [5.74, 6) is 0.182. The van der Waals surface area contributed by atoms with E-state index >= 15 is 0 Å². The Bertz CT molecular complexity index is 527. The summed E-state index contributed by atoms with van der Waals surface area (Å²) in [6.07, 6.45) is 1.06. The minimum atomic E-state index is -0.367. The summed E-state index contributed by atoms with van der Waals surface area (Å²) in [6, 6.07) is 6.00. The average Bonchev–Trinajstić information content (AvgIpc) is 2.78. The predicted molar refractivity (Wildman–Crippen MR) is 68.9 cm³/mol. The van der Waals surface area contributed by atoms with Crippen molar-refractivity contribution in [1.82, 2.24) is 10.5 Å². The molecule has 5 heteroatoms. The molecular formula is C13H14ClFN2O. The molecule has 0 spiro atoms.